The van der Waals surface area contributed by atoms with Crippen LogP contribution in [0.5, 0.6) is 0 Å². The predicted molar refractivity (Wildman–Crippen MR) is 140 cm³/mol. The summed E-state index contributed by atoms with van der Waals surface area (Å²) in [7, 11) is 0. The molecule has 0 radical (unpaired) electrons. The molecule has 0 saturated carbocycles. The molecule has 3 aromatic carbocycles. The fourth-order valence-electron chi connectivity index (χ4n) is 5.09. The zero-order valence-corrected chi connectivity index (χ0v) is 20.0. The van der Waals surface area contributed by atoms with Crippen molar-refractivity contribution < 1.29 is 5.11 Å². The van der Waals surface area contributed by atoms with E-state index in [1.54, 1.807) is 22.5 Å². The van der Waals surface area contributed by atoms with Crippen LogP contribution in [0.15, 0.2) is 113 Å². The lowest BCUT2D eigenvalue weighted by Gasteiger charge is -2.50. The minimum atomic E-state index is -0.651. The molecule has 7 heteroatoms. The largest absolute Gasteiger partial charge is 0.395 e. The zero-order valence-electron chi connectivity index (χ0n) is 19.2. The van der Waals surface area contributed by atoms with Crippen LogP contribution >= 0.6 is 11.8 Å². The second-order valence-electron chi connectivity index (χ2n) is 8.63. The number of aromatic nitrogens is 2. The first-order chi connectivity index (χ1) is 17.1. The van der Waals surface area contributed by atoms with Crippen molar-refractivity contribution in [1.29, 1.82) is 0 Å². The van der Waals surface area contributed by atoms with Gasteiger partial charge in [0.05, 0.1) is 17.5 Å². The summed E-state index contributed by atoms with van der Waals surface area (Å²) in [4.78, 5) is 29.2. The number of aromatic amines is 1. The summed E-state index contributed by atoms with van der Waals surface area (Å²) < 4.78 is 1.56. The number of hydrogen-bond donors (Lipinski definition) is 2. The van der Waals surface area contributed by atoms with Gasteiger partial charge in [0.2, 0.25) is 0 Å². The summed E-state index contributed by atoms with van der Waals surface area (Å²) in [6, 6.07) is 32.5. The number of benzene rings is 3. The second kappa shape index (κ2) is 10.1. The van der Waals surface area contributed by atoms with Crippen molar-refractivity contribution >= 4 is 11.8 Å². The standard InChI is InChI=1S/C28H27N3O3S/c32-20-24-18-30(19-26(35-24)31-17-16-25(33)29-27(31)34)28(21-10-4-1-5-11-21,22-12-6-2-7-13-22)23-14-8-3-9-15-23/h1-17,24,26,32H,18-20H2,(H,29,33,34)/t24-,26+/m0/s1. The van der Waals surface area contributed by atoms with Gasteiger partial charge in [-0.15, -0.1) is 11.8 Å². The highest BCUT2D eigenvalue weighted by atomic mass is 32.2. The Morgan fingerprint density at radius 2 is 1.31 bits per heavy atom. The minimum Gasteiger partial charge on any atom is -0.395 e. The summed E-state index contributed by atoms with van der Waals surface area (Å²) in [5, 5.41) is 9.86. The molecular formula is C28H27N3O3S. The highest BCUT2D eigenvalue weighted by molar-refractivity contribution is 8.00. The van der Waals surface area contributed by atoms with Gasteiger partial charge in [0.25, 0.3) is 5.56 Å². The first-order valence-corrected chi connectivity index (χ1v) is 12.6. The maximum atomic E-state index is 12.7. The molecule has 4 aromatic rings. The van der Waals surface area contributed by atoms with Gasteiger partial charge in [0.15, 0.2) is 0 Å². The van der Waals surface area contributed by atoms with Crippen LogP contribution in [0.4, 0.5) is 0 Å². The van der Waals surface area contributed by atoms with Gasteiger partial charge in [-0.3, -0.25) is 19.2 Å². The summed E-state index contributed by atoms with van der Waals surface area (Å²) in [5.74, 6) is 0. The first kappa shape index (κ1) is 23.4. The quantitative estimate of drug-likeness (QED) is 0.409. The molecule has 1 saturated heterocycles. The molecule has 1 aromatic heterocycles. The third-order valence-electron chi connectivity index (χ3n) is 6.56. The molecule has 1 aliphatic rings. The van der Waals surface area contributed by atoms with Gasteiger partial charge in [0, 0.05) is 30.6 Å². The Morgan fingerprint density at radius 1 is 0.800 bits per heavy atom. The van der Waals surface area contributed by atoms with E-state index in [1.165, 1.54) is 6.07 Å². The Morgan fingerprint density at radius 3 is 1.77 bits per heavy atom. The molecule has 0 amide bonds. The molecule has 0 bridgehead atoms. The topological polar surface area (TPSA) is 78.3 Å². The van der Waals surface area contributed by atoms with Crippen molar-refractivity contribution in [3.8, 4) is 0 Å². The molecule has 2 N–H and O–H groups in total. The van der Waals surface area contributed by atoms with Crippen LogP contribution in [-0.2, 0) is 5.54 Å². The van der Waals surface area contributed by atoms with Crippen molar-refractivity contribution in [2.75, 3.05) is 19.7 Å². The maximum Gasteiger partial charge on any atom is 0.329 e. The molecule has 178 valence electrons. The average Bonchev–Trinajstić information content (AvgIpc) is 2.91. The summed E-state index contributed by atoms with van der Waals surface area (Å²) >= 11 is 1.56. The fourth-order valence-corrected chi connectivity index (χ4v) is 6.44. The van der Waals surface area contributed by atoms with Gasteiger partial charge < -0.3 is 5.11 Å². The van der Waals surface area contributed by atoms with Gasteiger partial charge in [-0.25, -0.2) is 4.79 Å². The molecular weight excluding hydrogens is 458 g/mol. The molecule has 6 nitrogen and oxygen atoms in total. The van der Waals surface area contributed by atoms with Crippen molar-refractivity contribution in [1.82, 2.24) is 14.5 Å². The van der Waals surface area contributed by atoms with Crippen LogP contribution < -0.4 is 11.2 Å². The summed E-state index contributed by atoms with van der Waals surface area (Å²) in [5.41, 5.74) is 1.80. The van der Waals surface area contributed by atoms with E-state index < -0.39 is 16.8 Å². The lowest BCUT2D eigenvalue weighted by molar-refractivity contribution is 0.127. The normalized spacial score (nSPS) is 18.9. The first-order valence-electron chi connectivity index (χ1n) is 11.6. The van der Waals surface area contributed by atoms with Crippen LogP contribution in [0, 0.1) is 0 Å². The third kappa shape index (κ3) is 4.38. The van der Waals surface area contributed by atoms with Crippen molar-refractivity contribution in [3.63, 3.8) is 0 Å². The fraction of sp³-hybridized carbons (Fsp3) is 0.214. The van der Waals surface area contributed by atoms with E-state index in [-0.39, 0.29) is 17.2 Å². The second-order valence-corrected chi connectivity index (χ2v) is 10.1. The SMILES string of the molecule is O=c1ccn([C@H]2CN(C(c3ccccc3)(c3ccccc3)c3ccccc3)C[C@@H](CO)S2)c(=O)[nH]1. The monoisotopic (exact) mass is 485 g/mol. The minimum absolute atomic E-state index is 0.0236. The molecule has 0 aliphatic carbocycles. The van der Waals surface area contributed by atoms with Gasteiger partial charge in [0.1, 0.15) is 0 Å². The van der Waals surface area contributed by atoms with Gasteiger partial charge >= 0.3 is 5.69 Å². The number of H-pyrrole nitrogens is 1. The zero-order chi connectivity index (χ0) is 24.3. The predicted octanol–water partition coefficient (Wildman–Crippen LogP) is 3.44. The van der Waals surface area contributed by atoms with E-state index >= 15 is 0 Å². The van der Waals surface area contributed by atoms with E-state index in [1.807, 2.05) is 54.6 Å². The lowest BCUT2D eigenvalue weighted by atomic mass is 9.75. The van der Waals surface area contributed by atoms with Gasteiger partial charge in [-0.2, -0.15) is 0 Å². The lowest BCUT2D eigenvalue weighted by Crippen LogP contribution is -2.55. The highest BCUT2D eigenvalue weighted by Gasteiger charge is 2.46. The Kier molecular flexibility index (Phi) is 6.72. The molecule has 35 heavy (non-hydrogen) atoms. The Hall–Kier alpha value is -3.39. The third-order valence-corrected chi connectivity index (χ3v) is 7.94. The number of thioether (sulfide) groups is 1. The maximum absolute atomic E-state index is 12.7. The number of aliphatic hydroxyl groups is 1. The van der Waals surface area contributed by atoms with Crippen LogP contribution in [0.25, 0.3) is 0 Å². The number of hydrogen-bond acceptors (Lipinski definition) is 5. The summed E-state index contributed by atoms with van der Waals surface area (Å²) in [6.45, 7) is 1.13. The molecule has 5 rings (SSSR count). The van der Waals surface area contributed by atoms with E-state index in [0.29, 0.717) is 13.1 Å². The highest BCUT2D eigenvalue weighted by Crippen LogP contribution is 2.46. The Labute approximate surface area is 207 Å². The molecule has 2 heterocycles. The summed E-state index contributed by atoms with van der Waals surface area (Å²) in [6.07, 6.45) is 1.55. The Bertz CT molecular complexity index is 1280. The van der Waals surface area contributed by atoms with Crippen LogP contribution in [-0.4, -0.2) is 44.5 Å². The number of nitrogens with one attached hydrogen (secondary N) is 1. The van der Waals surface area contributed by atoms with Crippen molar-refractivity contribution in [3.05, 3.63) is 141 Å². The Balaban J connectivity index is 1.74. The van der Waals surface area contributed by atoms with Crippen LogP contribution in [0.2, 0.25) is 0 Å². The number of nitrogens with zero attached hydrogens (tertiary/aromatic N) is 2. The van der Waals surface area contributed by atoms with Crippen LogP contribution in [0.1, 0.15) is 22.1 Å². The van der Waals surface area contributed by atoms with E-state index in [2.05, 4.69) is 46.3 Å². The van der Waals surface area contributed by atoms with E-state index in [9.17, 15) is 14.7 Å². The van der Waals surface area contributed by atoms with E-state index in [4.69, 9.17) is 0 Å². The average molecular weight is 486 g/mol. The van der Waals surface area contributed by atoms with Crippen molar-refractivity contribution in [2.45, 2.75) is 16.2 Å². The van der Waals surface area contributed by atoms with Gasteiger partial charge in [-0.05, 0) is 16.7 Å². The molecule has 1 fully saturated rings. The molecule has 1 aliphatic heterocycles. The van der Waals surface area contributed by atoms with Crippen LogP contribution in [0.3, 0.4) is 0 Å². The molecule has 2 atom stereocenters. The van der Waals surface area contributed by atoms with Gasteiger partial charge in [-0.1, -0.05) is 91.0 Å². The smallest absolute Gasteiger partial charge is 0.329 e. The molecule has 0 spiro atoms. The number of rotatable bonds is 6. The molecule has 0 unspecified atom stereocenters. The van der Waals surface area contributed by atoms with Crippen molar-refractivity contribution in [2.24, 2.45) is 0 Å². The van der Waals surface area contributed by atoms with E-state index in [0.717, 1.165) is 16.7 Å². The number of aliphatic hydroxyl groups excluding tert-OH is 1.